The Bertz CT molecular complexity index is 5480. The van der Waals surface area contributed by atoms with Gasteiger partial charge in [0.05, 0.1) is 86.8 Å². The lowest BCUT2D eigenvalue weighted by molar-refractivity contribution is 1.15. The molecular weight excluding hydrogens is 691 g/mol. The third-order valence-electron chi connectivity index (χ3n) is 9.29. The number of nitrogens with zero attached hydrogens (tertiary/aromatic N) is 3. The third kappa shape index (κ3) is 4.79. The molecule has 0 aliphatic rings. The fraction of sp³-hybridized carbons (Fsp3) is 0. The molecule has 9 aromatic carbocycles. The molecule has 3 aromatic heterocycles. The fourth-order valence-electron chi connectivity index (χ4n) is 6.94. The number of aromatic nitrogens is 3. The van der Waals surface area contributed by atoms with Gasteiger partial charge in [-0.05, 0) is 83.2 Å². The first-order valence-corrected chi connectivity index (χ1v) is 16.8. The molecule has 0 spiro atoms. The van der Waals surface area contributed by atoms with Crippen LogP contribution in [0.4, 0.5) is 0 Å². The summed E-state index contributed by atoms with van der Waals surface area (Å²) < 4.78 is 322. The highest BCUT2D eigenvalue weighted by Crippen LogP contribution is 2.40. The van der Waals surface area contributed by atoms with E-state index in [2.05, 4.69) is 0 Å². The molecule has 12 rings (SSSR count). The zero-order valence-electron chi connectivity index (χ0n) is 63.3. The van der Waals surface area contributed by atoms with E-state index in [1.165, 1.54) is 0 Å². The quantitative estimate of drug-likeness (QED) is 0.166. The van der Waals surface area contributed by atoms with Crippen molar-refractivity contribution in [3.05, 3.63) is 211 Å². The SMILES string of the molecule is [2H]c1c([2H])c([2H])c(-c2c([2H])c([2H])c3c(c2[2H])c2c([2H])c([2H])c([2H])c([2H])c2n3-c2c([2H])c([2H])c([2H])c([2H])c2-c2c([2H])c([2H])c([2H])c(-n3c4c([2H])c([2H])c([2H])c([2H])c4c4c([2H])c([2H])c(-n5c6c([2H])c([2H])c([2H])c([2H])c6c6c([2H])c([2H])c([2H])c([2H])c65)c([2H])c43)c2[2H])c([2H])c1[2H]. The van der Waals surface area contributed by atoms with Gasteiger partial charge in [-0.1, -0.05) is 145 Å². The smallest absolute Gasteiger partial charge is 0.0667 e. The largest absolute Gasteiger partial charge is 0.309 e. The van der Waals surface area contributed by atoms with Crippen LogP contribution in [-0.4, -0.2) is 13.7 Å². The highest BCUT2D eigenvalue weighted by atomic mass is 15.0. The molecule has 0 aliphatic carbocycles. The van der Waals surface area contributed by atoms with Crippen molar-refractivity contribution in [3.63, 3.8) is 0 Å². The molecule has 0 saturated heterocycles. The Morgan fingerprint density at radius 3 is 1.44 bits per heavy atom. The van der Waals surface area contributed by atoms with Crippen LogP contribution < -0.4 is 0 Å². The Hall–Kier alpha value is -7.62. The van der Waals surface area contributed by atoms with E-state index < -0.39 is 316 Å². The van der Waals surface area contributed by atoms with Gasteiger partial charge in [0.2, 0.25) is 0 Å². The lowest BCUT2D eigenvalue weighted by Crippen LogP contribution is -1.99. The Balaban J connectivity index is 1.31. The Labute approximate surface area is 378 Å². The van der Waals surface area contributed by atoms with Gasteiger partial charge in [0.1, 0.15) is 0 Å². The second-order valence-electron chi connectivity index (χ2n) is 12.3. The maximum Gasteiger partial charge on any atom is 0.0667 e. The number of rotatable bonds is 5. The molecule has 57 heavy (non-hydrogen) atoms. The molecule has 3 heteroatoms. The van der Waals surface area contributed by atoms with Crippen LogP contribution in [0.25, 0.3) is 105 Å². The zero-order chi connectivity index (χ0) is 67.9. The predicted octanol–water partition coefficient (Wildman–Crippen LogP) is 14.3. The molecule has 12 aromatic rings. The molecule has 3 heterocycles. The van der Waals surface area contributed by atoms with Gasteiger partial charge in [0.25, 0.3) is 0 Å². The van der Waals surface area contributed by atoms with Gasteiger partial charge in [0.15, 0.2) is 0 Å². The van der Waals surface area contributed by atoms with E-state index in [0.717, 1.165) is 0 Å². The fourth-order valence-corrected chi connectivity index (χ4v) is 6.94. The predicted molar refractivity (Wildman–Crippen MR) is 240 cm³/mol. The standard InChI is InChI=1S/C54H35N3/c1-2-15-36(16-3-1)37-29-32-53-47(34-37)45-23-8-13-28-52(45)57(53)48-24-9-4-19-41(48)38-17-14-18-39(33-38)56-51-27-12-7-22-44(51)46-31-30-40(35-54(46)56)55-49-25-10-5-20-42(49)43-21-6-11-26-50(43)55/h1-35H/i1D,2D,3D,4D,5D,6D,7D,8D,9D,10D,11D,12D,13D,14D,15D,16D,17D,18D,19D,20D,21D,22D,23D,24D,25D,26D,27D,28D,29D,30D,31D,32D,33D,34D,35D. The van der Waals surface area contributed by atoms with Gasteiger partial charge >= 0.3 is 0 Å². The van der Waals surface area contributed by atoms with Crippen molar-refractivity contribution in [2.24, 2.45) is 0 Å². The molecule has 266 valence electrons. The molecule has 0 amide bonds. The highest BCUT2D eigenvalue weighted by Gasteiger charge is 2.19. The van der Waals surface area contributed by atoms with Crippen LogP contribution >= 0.6 is 0 Å². The summed E-state index contributed by atoms with van der Waals surface area (Å²) in [4.78, 5) is 0. The van der Waals surface area contributed by atoms with Crippen molar-refractivity contribution < 1.29 is 48.0 Å². The van der Waals surface area contributed by atoms with Gasteiger partial charge in [-0.3, -0.25) is 0 Å². The number of benzene rings is 9. The molecule has 0 fully saturated rings. The van der Waals surface area contributed by atoms with Crippen LogP contribution in [-0.2, 0) is 0 Å². The minimum atomic E-state index is -1.28. The lowest BCUT2D eigenvalue weighted by Gasteiger charge is -2.16. The van der Waals surface area contributed by atoms with Crippen molar-refractivity contribution in [3.8, 4) is 39.3 Å². The normalized spacial score (nSPS) is 20.5. The van der Waals surface area contributed by atoms with Gasteiger partial charge in [-0.25, -0.2) is 0 Å². The van der Waals surface area contributed by atoms with E-state index in [0.29, 0.717) is 13.7 Å². The van der Waals surface area contributed by atoms with Crippen molar-refractivity contribution in [1.82, 2.24) is 13.7 Å². The summed E-state index contributed by atoms with van der Waals surface area (Å²) in [5.41, 5.74) is -11.4. The van der Waals surface area contributed by atoms with Crippen LogP contribution in [0.15, 0.2) is 211 Å². The minimum absolute atomic E-state index is 0.549. The number of hydrogen-bond donors (Lipinski definition) is 0. The summed E-state index contributed by atoms with van der Waals surface area (Å²) in [5.74, 6) is 0. The van der Waals surface area contributed by atoms with Gasteiger partial charge in [-0.2, -0.15) is 0 Å². The molecular formula is C54H35N3. The van der Waals surface area contributed by atoms with Crippen molar-refractivity contribution in [1.29, 1.82) is 0 Å². The number of para-hydroxylation sites is 5. The summed E-state index contributed by atoms with van der Waals surface area (Å²) in [7, 11) is 0. The summed E-state index contributed by atoms with van der Waals surface area (Å²) in [6.07, 6.45) is 0. The average Bonchev–Trinajstić information content (AvgIpc) is 1.49. The zero-order valence-corrected chi connectivity index (χ0v) is 28.3. The maximum absolute atomic E-state index is 10.3. The first-order chi connectivity index (χ1) is 42.9. The van der Waals surface area contributed by atoms with Crippen LogP contribution in [0, 0.1) is 0 Å². The van der Waals surface area contributed by atoms with Crippen LogP contribution in [0.1, 0.15) is 48.0 Å². The Kier molecular flexibility index (Phi) is 2.78. The average molecular weight is 761 g/mol. The lowest BCUT2D eigenvalue weighted by atomic mass is 10.0. The van der Waals surface area contributed by atoms with Gasteiger partial charge in [0, 0.05) is 49.3 Å². The first kappa shape index (κ1) is 12.7. The summed E-state index contributed by atoms with van der Waals surface area (Å²) >= 11 is 0. The maximum atomic E-state index is 10.3. The molecule has 3 nitrogen and oxygen atoms in total. The summed E-state index contributed by atoms with van der Waals surface area (Å²) in [6.45, 7) is 0. The van der Waals surface area contributed by atoms with Gasteiger partial charge < -0.3 is 13.7 Å². The van der Waals surface area contributed by atoms with E-state index in [1.54, 1.807) is 0 Å². The molecule has 0 unspecified atom stereocenters. The van der Waals surface area contributed by atoms with Crippen LogP contribution in [0.3, 0.4) is 0 Å². The monoisotopic (exact) mass is 761 g/mol. The van der Waals surface area contributed by atoms with Crippen LogP contribution in [0.2, 0.25) is 0 Å². The topological polar surface area (TPSA) is 14.8 Å². The van der Waals surface area contributed by atoms with E-state index in [1.807, 2.05) is 0 Å². The summed E-state index contributed by atoms with van der Waals surface area (Å²) in [6, 6.07) is -36.1. The highest BCUT2D eigenvalue weighted by molar-refractivity contribution is 6.13. The van der Waals surface area contributed by atoms with E-state index in [-0.39, 0.29) is 0 Å². The summed E-state index contributed by atoms with van der Waals surface area (Å²) in [5, 5.41) is -3.94. The first-order valence-electron chi connectivity index (χ1n) is 34.3. The second kappa shape index (κ2) is 12.5. The number of fused-ring (bicyclic) bond motifs is 9. The van der Waals surface area contributed by atoms with E-state index >= 15 is 0 Å². The van der Waals surface area contributed by atoms with Crippen molar-refractivity contribution >= 4 is 65.4 Å². The molecule has 0 atom stereocenters. The molecule has 0 bridgehead atoms. The number of hydrogen-bond acceptors (Lipinski definition) is 0. The van der Waals surface area contributed by atoms with Crippen molar-refractivity contribution in [2.75, 3.05) is 0 Å². The second-order valence-corrected chi connectivity index (χ2v) is 12.3. The van der Waals surface area contributed by atoms with E-state index in [9.17, 15) is 21.9 Å². The molecule has 0 N–H and O–H groups in total. The third-order valence-corrected chi connectivity index (χ3v) is 9.29. The Morgan fingerprint density at radius 2 is 0.754 bits per heavy atom. The minimum Gasteiger partial charge on any atom is -0.309 e. The van der Waals surface area contributed by atoms with E-state index in [4.69, 9.17) is 26.0 Å². The van der Waals surface area contributed by atoms with Crippen molar-refractivity contribution in [2.45, 2.75) is 0 Å². The Morgan fingerprint density at radius 1 is 0.263 bits per heavy atom. The van der Waals surface area contributed by atoms with Crippen LogP contribution in [0.5, 0.6) is 0 Å². The molecule has 0 saturated carbocycles. The van der Waals surface area contributed by atoms with Gasteiger partial charge in [-0.15, -0.1) is 0 Å². The molecule has 0 aliphatic heterocycles. The molecule has 0 radical (unpaired) electrons.